The van der Waals surface area contributed by atoms with Crippen molar-refractivity contribution in [2.45, 2.75) is 88.6 Å². The minimum absolute atomic E-state index is 0.0516. The van der Waals surface area contributed by atoms with E-state index in [0.717, 1.165) is 69.2 Å². The third-order valence-electron chi connectivity index (χ3n) is 5.86. The summed E-state index contributed by atoms with van der Waals surface area (Å²) < 4.78 is 6.06. The van der Waals surface area contributed by atoms with Gasteiger partial charge >= 0.3 is 0 Å². The lowest BCUT2D eigenvalue weighted by molar-refractivity contribution is -0.0238. The summed E-state index contributed by atoms with van der Waals surface area (Å²) in [5.41, 5.74) is 0.667. The summed E-state index contributed by atoms with van der Waals surface area (Å²) >= 11 is 0. The normalized spacial score (nSPS) is 29.3. The second-order valence-corrected chi connectivity index (χ2v) is 7.99. The number of aryl methyl sites for hydroxylation is 1. The molecule has 0 bridgehead atoms. The molecule has 2 aliphatic carbocycles. The van der Waals surface area contributed by atoms with Crippen LogP contribution in [0.15, 0.2) is 24.3 Å². The van der Waals surface area contributed by atoms with Gasteiger partial charge < -0.3 is 20.3 Å². The minimum Gasteiger partial charge on any atom is -0.488 e. The zero-order valence-electron chi connectivity index (χ0n) is 15.4. The van der Waals surface area contributed by atoms with Crippen LogP contribution in [0.4, 0.5) is 0 Å². The van der Waals surface area contributed by atoms with Gasteiger partial charge in [-0.3, -0.25) is 0 Å². The zero-order chi connectivity index (χ0) is 17.7. The number of benzene rings is 1. The summed E-state index contributed by atoms with van der Waals surface area (Å²) in [6.07, 6.45) is 8.36. The molecule has 4 nitrogen and oxygen atoms in total. The van der Waals surface area contributed by atoms with Crippen molar-refractivity contribution in [3.63, 3.8) is 0 Å². The molecule has 3 atom stereocenters. The number of rotatable bonds is 6. The van der Waals surface area contributed by atoms with Crippen LogP contribution in [0.1, 0.15) is 63.4 Å². The Balaban J connectivity index is 1.48. The number of nitrogens with one attached hydrogen (secondary N) is 1. The summed E-state index contributed by atoms with van der Waals surface area (Å²) in [4.78, 5) is 0. The molecule has 3 N–H and O–H groups in total. The average molecular weight is 347 g/mol. The van der Waals surface area contributed by atoms with E-state index in [9.17, 15) is 10.2 Å². The lowest BCUT2D eigenvalue weighted by atomic mass is 9.82. The fraction of sp³-hybridized carbons (Fsp3) is 0.714. The summed E-state index contributed by atoms with van der Waals surface area (Å²) in [7, 11) is 0. The first-order valence-corrected chi connectivity index (χ1v) is 9.93. The van der Waals surface area contributed by atoms with Crippen LogP contribution in [-0.2, 0) is 0 Å². The van der Waals surface area contributed by atoms with E-state index in [4.69, 9.17) is 4.74 Å². The fourth-order valence-electron chi connectivity index (χ4n) is 4.30. The largest absolute Gasteiger partial charge is 0.488 e. The van der Waals surface area contributed by atoms with Gasteiger partial charge in [-0.25, -0.2) is 0 Å². The number of aliphatic hydroxyl groups is 2. The maximum atomic E-state index is 10.7. The van der Waals surface area contributed by atoms with Crippen LogP contribution in [-0.4, -0.2) is 40.6 Å². The molecule has 4 heteroatoms. The van der Waals surface area contributed by atoms with E-state index >= 15 is 0 Å². The molecule has 1 aromatic carbocycles. The van der Waals surface area contributed by atoms with Crippen LogP contribution in [0.2, 0.25) is 0 Å². The number of hydrogen-bond acceptors (Lipinski definition) is 4. The SMILES string of the molecule is Cc1cccc(O[C@@H]2CCC[C@H](NCCC3(O)CCCCC3)[C@H]2O)c1. The molecule has 0 amide bonds. The van der Waals surface area contributed by atoms with Gasteiger partial charge in [0.2, 0.25) is 0 Å². The monoisotopic (exact) mass is 347 g/mol. The molecule has 2 saturated carbocycles. The van der Waals surface area contributed by atoms with Crippen molar-refractivity contribution in [1.82, 2.24) is 5.32 Å². The number of aliphatic hydroxyl groups excluding tert-OH is 1. The molecule has 0 aliphatic heterocycles. The average Bonchev–Trinajstić information content (AvgIpc) is 2.59. The number of hydrogen-bond donors (Lipinski definition) is 3. The highest BCUT2D eigenvalue weighted by atomic mass is 16.5. The zero-order valence-corrected chi connectivity index (χ0v) is 15.4. The van der Waals surface area contributed by atoms with Crippen molar-refractivity contribution >= 4 is 0 Å². The van der Waals surface area contributed by atoms with Crippen molar-refractivity contribution in [3.8, 4) is 5.75 Å². The highest BCUT2D eigenvalue weighted by molar-refractivity contribution is 5.27. The third kappa shape index (κ3) is 5.19. The lowest BCUT2D eigenvalue weighted by Gasteiger charge is -2.37. The summed E-state index contributed by atoms with van der Waals surface area (Å²) in [5, 5.41) is 24.8. The van der Waals surface area contributed by atoms with Crippen molar-refractivity contribution in [3.05, 3.63) is 29.8 Å². The van der Waals surface area contributed by atoms with Crippen molar-refractivity contribution < 1.29 is 14.9 Å². The molecule has 3 rings (SSSR count). The maximum Gasteiger partial charge on any atom is 0.126 e. The second kappa shape index (κ2) is 8.52. The van der Waals surface area contributed by atoms with E-state index in [0.29, 0.717) is 0 Å². The molecule has 140 valence electrons. The molecule has 0 radical (unpaired) electrons. The molecule has 2 fully saturated rings. The van der Waals surface area contributed by atoms with Crippen LogP contribution in [0.5, 0.6) is 5.75 Å². The first-order valence-electron chi connectivity index (χ1n) is 9.93. The minimum atomic E-state index is -0.504. The molecule has 0 aromatic heterocycles. The van der Waals surface area contributed by atoms with E-state index < -0.39 is 11.7 Å². The fourth-order valence-corrected chi connectivity index (χ4v) is 4.30. The highest BCUT2D eigenvalue weighted by Crippen LogP contribution is 2.31. The van der Waals surface area contributed by atoms with E-state index in [1.807, 2.05) is 31.2 Å². The molecule has 1 aromatic rings. The molecule has 25 heavy (non-hydrogen) atoms. The summed E-state index contributed by atoms with van der Waals surface area (Å²) in [5.74, 6) is 0.834. The second-order valence-electron chi connectivity index (χ2n) is 7.99. The van der Waals surface area contributed by atoms with Crippen LogP contribution in [0, 0.1) is 6.92 Å². The molecule has 0 unspecified atom stereocenters. The van der Waals surface area contributed by atoms with E-state index in [1.165, 1.54) is 6.42 Å². The van der Waals surface area contributed by atoms with Crippen molar-refractivity contribution in [1.29, 1.82) is 0 Å². The van der Waals surface area contributed by atoms with Gasteiger partial charge in [0.25, 0.3) is 0 Å². The van der Waals surface area contributed by atoms with Gasteiger partial charge in [-0.15, -0.1) is 0 Å². The van der Waals surface area contributed by atoms with Crippen molar-refractivity contribution in [2.75, 3.05) is 6.54 Å². The van der Waals surface area contributed by atoms with Crippen LogP contribution in [0.3, 0.4) is 0 Å². The van der Waals surface area contributed by atoms with E-state index in [1.54, 1.807) is 0 Å². The molecule has 0 heterocycles. The summed E-state index contributed by atoms with van der Waals surface area (Å²) in [6, 6.07) is 8.05. The third-order valence-corrected chi connectivity index (χ3v) is 5.86. The Morgan fingerprint density at radius 3 is 2.72 bits per heavy atom. The molecule has 0 spiro atoms. The topological polar surface area (TPSA) is 61.7 Å². The van der Waals surface area contributed by atoms with Gasteiger partial charge in [0, 0.05) is 6.04 Å². The quantitative estimate of drug-likeness (QED) is 0.739. The molecule has 0 saturated heterocycles. The smallest absolute Gasteiger partial charge is 0.126 e. The maximum absolute atomic E-state index is 10.7. The summed E-state index contributed by atoms with van der Waals surface area (Å²) in [6.45, 7) is 2.81. The van der Waals surface area contributed by atoms with Crippen molar-refractivity contribution in [2.24, 2.45) is 0 Å². The van der Waals surface area contributed by atoms with E-state index in [2.05, 4.69) is 5.32 Å². The Bertz CT molecular complexity index is 542. The van der Waals surface area contributed by atoms with Gasteiger partial charge in [-0.1, -0.05) is 31.4 Å². The van der Waals surface area contributed by atoms with Gasteiger partial charge in [0.1, 0.15) is 18.0 Å². The van der Waals surface area contributed by atoms with Gasteiger partial charge in [-0.05, 0) is 69.7 Å². The highest BCUT2D eigenvalue weighted by Gasteiger charge is 2.34. The lowest BCUT2D eigenvalue weighted by Crippen LogP contribution is -2.52. The Kier molecular flexibility index (Phi) is 6.37. The van der Waals surface area contributed by atoms with Crippen LogP contribution < -0.4 is 10.1 Å². The first-order chi connectivity index (χ1) is 12.1. The Labute approximate surface area is 151 Å². The molecule has 2 aliphatic rings. The number of ether oxygens (including phenoxy) is 1. The predicted octanol–water partition coefficient (Wildman–Crippen LogP) is 3.33. The Morgan fingerprint density at radius 1 is 1.16 bits per heavy atom. The van der Waals surface area contributed by atoms with E-state index in [-0.39, 0.29) is 12.1 Å². The van der Waals surface area contributed by atoms with Gasteiger partial charge in [0.05, 0.1) is 5.60 Å². The molecular formula is C21H33NO3. The molecular weight excluding hydrogens is 314 g/mol. The Hall–Kier alpha value is -1.10. The predicted molar refractivity (Wildman–Crippen MR) is 99.9 cm³/mol. The van der Waals surface area contributed by atoms with Gasteiger partial charge in [-0.2, -0.15) is 0 Å². The van der Waals surface area contributed by atoms with Gasteiger partial charge in [0.15, 0.2) is 0 Å². The standard InChI is InChI=1S/C21H33NO3/c1-16-7-5-8-17(15-16)25-19-10-6-9-18(20(19)23)22-14-13-21(24)11-3-2-4-12-21/h5,7-8,15,18-20,22-24H,2-4,6,9-14H2,1H3/t18-,19+,20+/m0/s1. The Morgan fingerprint density at radius 2 is 1.96 bits per heavy atom. The van der Waals surface area contributed by atoms with Crippen LogP contribution >= 0.6 is 0 Å². The first kappa shape index (κ1) is 18.7. The van der Waals surface area contributed by atoms with Crippen LogP contribution in [0.25, 0.3) is 0 Å².